The highest BCUT2D eigenvalue weighted by Crippen LogP contribution is 2.29. The second-order valence-corrected chi connectivity index (χ2v) is 6.68. The molecule has 0 bridgehead atoms. The monoisotopic (exact) mass is 349 g/mol. The number of benzene rings is 1. The fraction of sp³-hybridized carbons (Fsp3) is 0.333. The van der Waals surface area contributed by atoms with Crippen LogP contribution in [0.5, 0.6) is 0 Å². The first-order valence-corrected chi connectivity index (χ1v) is 8.22. The van der Waals surface area contributed by atoms with E-state index in [-0.39, 0.29) is 18.3 Å². The van der Waals surface area contributed by atoms with Gasteiger partial charge in [0.15, 0.2) is 0 Å². The van der Waals surface area contributed by atoms with E-state index in [0.29, 0.717) is 5.25 Å². The number of urea groups is 1. The molecular weight excluding hydrogens is 330 g/mol. The number of thioether (sulfide) groups is 1. The topological polar surface area (TPSA) is 109 Å². The predicted octanol–water partition coefficient (Wildman–Crippen LogP) is 2.25. The number of anilines is 1. The van der Waals surface area contributed by atoms with Crippen LogP contribution in [-0.2, 0) is 6.54 Å². The van der Waals surface area contributed by atoms with E-state index < -0.39 is 11.9 Å². The summed E-state index contributed by atoms with van der Waals surface area (Å²) in [5.41, 5.74) is 0.727. The minimum Gasteiger partial charge on any atom is -0.352 e. The van der Waals surface area contributed by atoms with Gasteiger partial charge < -0.3 is 20.5 Å². The quantitative estimate of drug-likeness (QED) is 0.690. The van der Waals surface area contributed by atoms with Gasteiger partial charge in [-0.15, -0.1) is 11.8 Å². The summed E-state index contributed by atoms with van der Waals surface area (Å²) in [5.74, 6) is -0.379. The van der Waals surface area contributed by atoms with E-state index in [1.807, 2.05) is 24.3 Å². The molecule has 3 amide bonds. The average molecular weight is 349 g/mol. The molecule has 1 aromatic carbocycles. The number of amides is 3. The number of rotatable bonds is 6. The van der Waals surface area contributed by atoms with Crippen molar-refractivity contribution in [2.45, 2.75) is 30.5 Å². The lowest BCUT2D eigenvalue weighted by atomic mass is 10.3. The van der Waals surface area contributed by atoms with Crippen molar-refractivity contribution in [2.24, 2.45) is 0 Å². The Bertz CT molecular complexity index is 717. The number of nitrogens with one attached hydrogen (secondary N) is 3. The molecule has 0 saturated heterocycles. The lowest BCUT2D eigenvalue weighted by molar-refractivity contribution is 0.0950. The number of nitrogens with zero attached hydrogens (tertiary/aromatic N) is 2. The minimum atomic E-state index is -0.450. The Hall–Kier alpha value is -2.55. The normalized spacial score (nSPS) is 10.5. The Morgan fingerprint density at radius 2 is 2.04 bits per heavy atom. The van der Waals surface area contributed by atoms with Gasteiger partial charge >= 0.3 is 6.03 Å². The smallest absolute Gasteiger partial charge is 0.319 e. The van der Waals surface area contributed by atoms with Gasteiger partial charge in [0.1, 0.15) is 0 Å². The molecule has 0 unspecified atom stereocenters. The van der Waals surface area contributed by atoms with E-state index in [2.05, 4.69) is 39.9 Å². The van der Waals surface area contributed by atoms with Crippen LogP contribution < -0.4 is 16.0 Å². The zero-order valence-corrected chi connectivity index (χ0v) is 14.4. The highest BCUT2D eigenvalue weighted by molar-refractivity contribution is 8.00. The molecule has 0 aliphatic rings. The van der Waals surface area contributed by atoms with E-state index in [9.17, 15) is 9.59 Å². The lowest BCUT2D eigenvalue weighted by Gasteiger charge is -2.12. The zero-order chi connectivity index (χ0) is 17.5. The summed E-state index contributed by atoms with van der Waals surface area (Å²) in [6.45, 7) is 4.19. The molecule has 0 spiro atoms. The van der Waals surface area contributed by atoms with E-state index in [4.69, 9.17) is 4.52 Å². The van der Waals surface area contributed by atoms with Crippen molar-refractivity contribution in [2.75, 3.05) is 12.4 Å². The van der Waals surface area contributed by atoms with Crippen molar-refractivity contribution < 1.29 is 14.1 Å². The second-order valence-electron chi connectivity index (χ2n) is 5.06. The van der Waals surface area contributed by atoms with E-state index in [1.165, 1.54) is 7.05 Å². The van der Waals surface area contributed by atoms with Crippen molar-refractivity contribution in [1.82, 2.24) is 20.8 Å². The first kappa shape index (κ1) is 17.8. The van der Waals surface area contributed by atoms with E-state index in [1.54, 1.807) is 11.8 Å². The summed E-state index contributed by atoms with van der Waals surface area (Å²) >= 11 is 1.66. The van der Waals surface area contributed by atoms with Crippen LogP contribution in [0.15, 0.2) is 33.7 Å². The second kappa shape index (κ2) is 8.34. The van der Waals surface area contributed by atoms with Gasteiger partial charge in [0.2, 0.25) is 5.89 Å². The SMILES string of the molecule is CNC(=O)c1noc(CNC(=O)Nc2ccccc2SC(C)C)n1. The van der Waals surface area contributed by atoms with Gasteiger partial charge in [0.05, 0.1) is 12.2 Å². The molecule has 1 heterocycles. The van der Waals surface area contributed by atoms with Crippen molar-refractivity contribution in [3.8, 4) is 0 Å². The van der Waals surface area contributed by atoms with Crippen molar-refractivity contribution in [3.63, 3.8) is 0 Å². The third-order valence-electron chi connectivity index (χ3n) is 2.80. The maximum Gasteiger partial charge on any atom is 0.319 e. The zero-order valence-electron chi connectivity index (χ0n) is 13.6. The van der Waals surface area contributed by atoms with Crippen LogP contribution in [0.2, 0.25) is 0 Å². The number of hydrogen-bond donors (Lipinski definition) is 3. The molecule has 8 nitrogen and oxygen atoms in total. The fourth-order valence-corrected chi connectivity index (χ4v) is 2.69. The third-order valence-corrected chi connectivity index (χ3v) is 3.88. The molecule has 2 aromatic rings. The molecule has 128 valence electrons. The first-order valence-electron chi connectivity index (χ1n) is 7.34. The molecular formula is C15H19N5O3S. The molecule has 0 radical (unpaired) electrons. The Morgan fingerprint density at radius 3 is 2.75 bits per heavy atom. The summed E-state index contributed by atoms with van der Waals surface area (Å²) in [4.78, 5) is 28.2. The van der Waals surface area contributed by atoms with Crippen LogP contribution in [0.4, 0.5) is 10.5 Å². The van der Waals surface area contributed by atoms with Gasteiger partial charge in [-0.2, -0.15) is 4.98 Å². The summed E-state index contributed by atoms with van der Waals surface area (Å²) in [7, 11) is 1.47. The average Bonchev–Trinajstić information content (AvgIpc) is 3.02. The molecule has 3 N–H and O–H groups in total. The molecule has 0 saturated carbocycles. The van der Waals surface area contributed by atoms with Gasteiger partial charge in [0, 0.05) is 17.2 Å². The van der Waals surface area contributed by atoms with Gasteiger partial charge in [-0.05, 0) is 12.1 Å². The largest absolute Gasteiger partial charge is 0.352 e. The number of aromatic nitrogens is 2. The summed E-state index contributed by atoms with van der Waals surface area (Å²) in [6, 6.07) is 7.17. The first-order chi connectivity index (χ1) is 11.5. The van der Waals surface area contributed by atoms with E-state index in [0.717, 1.165) is 10.6 Å². The molecule has 0 aliphatic carbocycles. The van der Waals surface area contributed by atoms with Crippen molar-refractivity contribution in [3.05, 3.63) is 36.0 Å². The van der Waals surface area contributed by atoms with Crippen LogP contribution in [0, 0.1) is 0 Å². The van der Waals surface area contributed by atoms with Crippen molar-refractivity contribution >= 4 is 29.4 Å². The number of carbonyl (C=O) groups excluding carboxylic acids is 2. The molecule has 0 atom stereocenters. The molecule has 24 heavy (non-hydrogen) atoms. The standard InChI is InChI=1S/C15H19N5O3S/c1-9(2)24-11-7-5-4-6-10(11)18-15(22)17-8-12-19-13(20-23-12)14(21)16-3/h4-7,9H,8H2,1-3H3,(H,16,21)(H2,17,18,22). The Morgan fingerprint density at radius 1 is 1.29 bits per heavy atom. The van der Waals surface area contributed by atoms with Crippen LogP contribution in [0.1, 0.15) is 30.4 Å². The van der Waals surface area contributed by atoms with Crippen LogP contribution in [0.25, 0.3) is 0 Å². The highest BCUT2D eigenvalue weighted by Gasteiger charge is 2.14. The number of hydrogen-bond acceptors (Lipinski definition) is 6. The van der Waals surface area contributed by atoms with Gasteiger partial charge in [-0.25, -0.2) is 4.79 Å². The Kier molecular flexibility index (Phi) is 6.19. The van der Waals surface area contributed by atoms with Crippen LogP contribution in [-0.4, -0.2) is 34.4 Å². The minimum absolute atomic E-state index is 0.0231. The van der Waals surface area contributed by atoms with Gasteiger partial charge in [-0.3, -0.25) is 4.79 Å². The lowest BCUT2D eigenvalue weighted by Crippen LogP contribution is -2.28. The number of para-hydroxylation sites is 1. The Labute approximate surface area is 143 Å². The maximum atomic E-state index is 12.0. The van der Waals surface area contributed by atoms with Gasteiger partial charge in [-0.1, -0.05) is 31.1 Å². The molecule has 0 fully saturated rings. The summed E-state index contributed by atoms with van der Waals surface area (Å²) in [5, 5.41) is 11.7. The molecule has 0 aliphatic heterocycles. The van der Waals surface area contributed by atoms with Crippen LogP contribution >= 0.6 is 11.8 Å². The van der Waals surface area contributed by atoms with E-state index >= 15 is 0 Å². The highest BCUT2D eigenvalue weighted by atomic mass is 32.2. The maximum absolute atomic E-state index is 12.0. The summed E-state index contributed by atoms with van der Waals surface area (Å²) in [6.07, 6.45) is 0. The van der Waals surface area contributed by atoms with Crippen LogP contribution in [0.3, 0.4) is 0 Å². The molecule has 1 aromatic heterocycles. The van der Waals surface area contributed by atoms with Gasteiger partial charge in [0.25, 0.3) is 11.7 Å². The Balaban J connectivity index is 1.92. The molecule has 2 rings (SSSR count). The predicted molar refractivity (Wildman–Crippen MR) is 91.0 cm³/mol. The van der Waals surface area contributed by atoms with Crippen molar-refractivity contribution in [1.29, 1.82) is 0 Å². The number of carbonyl (C=O) groups is 2. The molecule has 9 heteroatoms. The fourth-order valence-electron chi connectivity index (χ4n) is 1.78. The summed E-state index contributed by atoms with van der Waals surface area (Å²) < 4.78 is 4.90. The third kappa shape index (κ3) is 4.98.